The Kier molecular flexibility index (Phi) is 8.09. The van der Waals surface area contributed by atoms with Crippen LogP contribution in [0.15, 0.2) is 78.9 Å². The summed E-state index contributed by atoms with van der Waals surface area (Å²) < 4.78 is 10.6. The van der Waals surface area contributed by atoms with Gasteiger partial charge in [-0.2, -0.15) is 0 Å². The molecule has 0 saturated carbocycles. The zero-order valence-electron chi connectivity index (χ0n) is 21.1. The lowest BCUT2D eigenvalue weighted by Gasteiger charge is -2.37. The fourth-order valence-electron chi connectivity index (χ4n) is 4.97. The molecule has 0 bridgehead atoms. The first-order valence-corrected chi connectivity index (χ1v) is 12.4. The van der Waals surface area contributed by atoms with Crippen LogP contribution in [0.1, 0.15) is 25.3 Å². The van der Waals surface area contributed by atoms with Crippen molar-refractivity contribution in [2.75, 3.05) is 51.8 Å². The third-order valence-electron chi connectivity index (χ3n) is 7.18. The Morgan fingerprint density at radius 3 is 2.23 bits per heavy atom. The maximum absolute atomic E-state index is 12.6. The molecule has 5 heteroatoms. The summed E-state index contributed by atoms with van der Waals surface area (Å²) in [4.78, 5) is 17.6. The van der Waals surface area contributed by atoms with Crippen LogP contribution in [0.2, 0.25) is 0 Å². The smallest absolute Gasteiger partial charge is 0.315 e. The third kappa shape index (κ3) is 5.85. The maximum Gasteiger partial charge on any atom is 0.315 e. The highest BCUT2D eigenvalue weighted by atomic mass is 16.5. The van der Waals surface area contributed by atoms with Crippen LogP contribution < -0.4 is 9.64 Å². The van der Waals surface area contributed by atoms with E-state index >= 15 is 0 Å². The summed E-state index contributed by atoms with van der Waals surface area (Å²) in [5.74, 6) is 0.710. The molecular formula is C30H36N2O3. The zero-order valence-corrected chi connectivity index (χ0v) is 21.1. The lowest BCUT2D eigenvalue weighted by atomic mass is 9.78. The van der Waals surface area contributed by atoms with Gasteiger partial charge >= 0.3 is 5.97 Å². The summed E-state index contributed by atoms with van der Waals surface area (Å²) in [6.45, 7) is 7.01. The predicted molar refractivity (Wildman–Crippen MR) is 142 cm³/mol. The fraction of sp³-hybridized carbons (Fsp3) is 0.367. The SMILES string of the molecule is COC(=O)C(C)(CCCN1CCN(c2cccc(-c3cccc(OC)c3)c2)CC1)c1ccccc1. The minimum Gasteiger partial charge on any atom is -0.497 e. The standard InChI is InChI=1S/C30H36N2O3/c1-30(29(33)35-3,26-12-5-4-6-13-26)16-9-17-31-18-20-32(21-19-31)27-14-7-10-24(22-27)25-11-8-15-28(23-25)34-2/h4-8,10-15,22-23H,9,16-21H2,1-3H3. The molecule has 0 spiro atoms. The highest BCUT2D eigenvalue weighted by molar-refractivity contribution is 5.82. The van der Waals surface area contributed by atoms with Gasteiger partial charge in [0.25, 0.3) is 0 Å². The predicted octanol–water partition coefficient (Wildman–Crippen LogP) is 5.40. The maximum atomic E-state index is 12.6. The van der Waals surface area contributed by atoms with E-state index in [9.17, 15) is 4.79 Å². The molecule has 3 aromatic carbocycles. The number of hydrogen-bond donors (Lipinski definition) is 0. The molecule has 1 fully saturated rings. The van der Waals surface area contributed by atoms with Crippen molar-refractivity contribution in [1.82, 2.24) is 4.90 Å². The Bertz CT molecular complexity index is 1110. The Hall–Kier alpha value is -3.31. The van der Waals surface area contributed by atoms with Crippen molar-refractivity contribution >= 4 is 11.7 Å². The first kappa shape index (κ1) is 24.8. The topological polar surface area (TPSA) is 42.0 Å². The van der Waals surface area contributed by atoms with Crippen molar-refractivity contribution in [3.63, 3.8) is 0 Å². The molecule has 0 aliphatic carbocycles. The van der Waals surface area contributed by atoms with Crippen molar-refractivity contribution in [3.05, 3.63) is 84.4 Å². The van der Waals surface area contributed by atoms with Gasteiger partial charge < -0.3 is 14.4 Å². The summed E-state index contributed by atoms with van der Waals surface area (Å²) in [7, 11) is 3.18. The number of ether oxygens (including phenoxy) is 2. The van der Waals surface area contributed by atoms with Gasteiger partial charge in [-0.1, -0.05) is 54.6 Å². The Morgan fingerprint density at radius 2 is 1.54 bits per heavy atom. The molecule has 5 nitrogen and oxygen atoms in total. The van der Waals surface area contributed by atoms with Crippen molar-refractivity contribution < 1.29 is 14.3 Å². The third-order valence-corrected chi connectivity index (χ3v) is 7.18. The fourth-order valence-corrected chi connectivity index (χ4v) is 4.97. The number of nitrogens with zero attached hydrogens (tertiary/aromatic N) is 2. The molecule has 1 atom stereocenters. The number of carbonyl (C=O) groups is 1. The number of piperazine rings is 1. The average Bonchev–Trinajstić information content (AvgIpc) is 2.93. The van der Waals surface area contributed by atoms with Crippen LogP contribution in [0.4, 0.5) is 5.69 Å². The molecule has 1 unspecified atom stereocenters. The van der Waals surface area contributed by atoms with Gasteiger partial charge in [0.1, 0.15) is 5.75 Å². The second-order valence-corrected chi connectivity index (χ2v) is 9.40. The van der Waals surface area contributed by atoms with Crippen molar-refractivity contribution in [2.45, 2.75) is 25.2 Å². The second kappa shape index (κ2) is 11.4. The molecule has 0 amide bonds. The molecule has 1 aliphatic heterocycles. The second-order valence-electron chi connectivity index (χ2n) is 9.40. The van der Waals surface area contributed by atoms with Gasteiger partial charge in [-0.15, -0.1) is 0 Å². The molecular weight excluding hydrogens is 436 g/mol. The van der Waals surface area contributed by atoms with Gasteiger partial charge in [0.2, 0.25) is 0 Å². The summed E-state index contributed by atoms with van der Waals surface area (Å²) in [6, 6.07) is 26.9. The average molecular weight is 473 g/mol. The molecule has 184 valence electrons. The van der Waals surface area contributed by atoms with E-state index in [1.165, 1.54) is 18.4 Å². The largest absolute Gasteiger partial charge is 0.497 e. The van der Waals surface area contributed by atoms with Crippen LogP contribution in [0.25, 0.3) is 11.1 Å². The van der Waals surface area contributed by atoms with Crippen LogP contribution in [0.3, 0.4) is 0 Å². The number of hydrogen-bond acceptors (Lipinski definition) is 5. The summed E-state index contributed by atoms with van der Waals surface area (Å²) in [5, 5.41) is 0. The van der Waals surface area contributed by atoms with E-state index in [0.29, 0.717) is 0 Å². The molecule has 4 rings (SSSR count). The number of rotatable bonds is 9. The van der Waals surface area contributed by atoms with E-state index in [4.69, 9.17) is 9.47 Å². The monoisotopic (exact) mass is 472 g/mol. The Labute approximate surface area is 209 Å². The number of anilines is 1. The molecule has 0 N–H and O–H groups in total. The first-order valence-electron chi connectivity index (χ1n) is 12.4. The lowest BCUT2D eigenvalue weighted by Crippen LogP contribution is -2.47. The highest BCUT2D eigenvalue weighted by Gasteiger charge is 2.36. The van der Waals surface area contributed by atoms with Crippen LogP contribution in [-0.2, 0) is 14.9 Å². The summed E-state index contributed by atoms with van der Waals surface area (Å²) >= 11 is 0. The minimum atomic E-state index is -0.613. The Balaban J connectivity index is 1.33. The van der Waals surface area contributed by atoms with Crippen molar-refractivity contribution in [3.8, 4) is 16.9 Å². The van der Waals surface area contributed by atoms with Gasteiger partial charge in [0.15, 0.2) is 0 Å². The van der Waals surface area contributed by atoms with Crippen molar-refractivity contribution in [2.24, 2.45) is 0 Å². The quantitative estimate of drug-likeness (QED) is 0.390. The summed E-state index contributed by atoms with van der Waals surface area (Å²) in [6.07, 6.45) is 1.72. The lowest BCUT2D eigenvalue weighted by molar-refractivity contribution is -0.147. The van der Waals surface area contributed by atoms with Crippen LogP contribution in [0.5, 0.6) is 5.75 Å². The van der Waals surface area contributed by atoms with Crippen LogP contribution >= 0.6 is 0 Å². The molecule has 1 saturated heterocycles. The first-order chi connectivity index (χ1) is 17.0. The number of carbonyl (C=O) groups excluding carboxylic acids is 1. The molecule has 0 aromatic heterocycles. The number of methoxy groups -OCH3 is 2. The Morgan fingerprint density at radius 1 is 0.857 bits per heavy atom. The minimum absolute atomic E-state index is 0.163. The zero-order chi connectivity index (χ0) is 24.7. The van der Waals surface area contributed by atoms with E-state index in [2.05, 4.69) is 46.2 Å². The van der Waals surface area contributed by atoms with Gasteiger partial charge in [-0.25, -0.2) is 0 Å². The molecule has 3 aromatic rings. The van der Waals surface area contributed by atoms with E-state index in [0.717, 1.165) is 62.4 Å². The number of benzene rings is 3. The van der Waals surface area contributed by atoms with E-state index in [1.54, 1.807) is 7.11 Å². The molecule has 35 heavy (non-hydrogen) atoms. The summed E-state index contributed by atoms with van der Waals surface area (Å²) in [5.41, 5.74) is 4.03. The molecule has 0 radical (unpaired) electrons. The number of esters is 1. The highest BCUT2D eigenvalue weighted by Crippen LogP contribution is 2.31. The van der Waals surface area contributed by atoms with Gasteiger partial charge in [0, 0.05) is 31.9 Å². The molecule has 1 aliphatic rings. The van der Waals surface area contributed by atoms with E-state index in [1.807, 2.05) is 49.4 Å². The van der Waals surface area contributed by atoms with Gasteiger partial charge in [-0.3, -0.25) is 9.69 Å². The van der Waals surface area contributed by atoms with Crippen LogP contribution in [0, 0.1) is 0 Å². The van der Waals surface area contributed by atoms with Gasteiger partial charge in [0.05, 0.1) is 19.6 Å². The normalized spacial score (nSPS) is 15.9. The molecule has 1 heterocycles. The van der Waals surface area contributed by atoms with E-state index in [-0.39, 0.29) is 5.97 Å². The van der Waals surface area contributed by atoms with Crippen molar-refractivity contribution in [1.29, 1.82) is 0 Å². The van der Waals surface area contributed by atoms with E-state index < -0.39 is 5.41 Å². The van der Waals surface area contributed by atoms with Crippen LogP contribution in [-0.4, -0.2) is 57.8 Å². The van der Waals surface area contributed by atoms with Gasteiger partial charge in [-0.05, 0) is 67.3 Å².